The number of rotatable bonds is 6. The van der Waals surface area contributed by atoms with E-state index >= 15 is 0 Å². The summed E-state index contributed by atoms with van der Waals surface area (Å²) in [5, 5.41) is 0. The number of nitrogens with zero attached hydrogens (tertiary/aromatic N) is 2. The van der Waals surface area contributed by atoms with Gasteiger partial charge in [-0.2, -0.15) is 0 Å². The zero-order valence-corrected chi connectivity index (χ0v) is 19.4. The summed E-state index contributed by atoms with van der Waals surface area (Å²) in [6.45, 7) is 0.820. The van der Waals surface area contributed by atoms with Gasteiger partial charge < -0.3 is 23.8 Å². The van der Waals surface area contributed by atoms with Gasteiger partial charge in [0.25, 0.3) is 0 Å². The fraction of sp³-hybridized carbons (Fsp3) is 0.222. The molecule has 2 aliphatic rings. The van der Waals surface area contributed by atoms with Crippen LogP contribution in [0.15, 0.2) is 72.6 Å². The van der Waals surface area contributed by atoms with Crippen molar-refractivity contribution in [2.24, 2.45) is 0 Å². The van der Waals surface area contributed by atoms with Gasteiger partial charge in [0, 0.05) is 17.3 Å². The third-order valence-corrected chi connectivity index (χ3v) is 6.17. The van der Waals surface area contributed by atoms with Gasteiger partial charge >= 0.3 is 6.09 Å². The summed E-state index contributed by atoms with van der Waals surface area (Å²) in [7, 11) is 4.93. The molecule has 2 heterocycles. The molecule has 0 radical (unpaired) electrons. The molecule has 3 aromatic carbocycles. The van der Waals surface area contributed by atoms with E-state index in [0.29, 0.717) is 24.7 Å². The molecule has 7 nitrogen and oxygen atoms in total. The third-order valence-electron chi connectivity index (χ3n) is 6.17. The molecule has 7 heteroatoms. The number of carbonyl (C=O) groups excluding carboxylic acids is 1. The highest BCUT2D eigenvalue weighted by molar-refractivity contribution is 5.81. The van der Waals surface area contributed by atoms with Crippen molar-refractivity contribution in [3.8, 4) is 17.2 Å². The van der Waals surface area contributed by atoms with Crippen LogP contribution >= 0.6 is 0 Å². The molecule has 1 unspecified atom stereocenters. The molecule has 1 atom stereocenters. The minimum atomic E-state index is -0.362. The van der Waals surface area contributed by atoms with Gasteiger partial charge in [-0.3, -0.25) is 4.90 Å². The standard InChI is InChI=1S/C27H26N2O5/c1-31-21-11-9-18(10-12-21)26-25-19(15-22(32-2)17-23(25)33-3)16-24(28-13-14-34-27(28)30)29(26)20-7-5-4-6-8-20/h4-12,15-17,26H,13-14H2,1-3H3. The van der Waals surface area contributed by atoms with Crippen LogP contribution in [0.1, 0.15) is 22.7 Å². The van der Waals surface area contributed by atoms with Crippen LogP contribution in [-0.4, -0.2) is 45.5 Å². The molecule has 0 N–H and O–H groups in total. The predicted molar refractivity (Wildman–Crippen MR) is 129 cm³/mol. The summed E-state index contributed by atoms with van der Waals surface area (Å²) in [5.74, 6) is 2.89. The average molecular weight is 459 g/mol. The van der Waals surface area contributed by atoms with Crippen LogP contribution in [0.3, 0.4) is 0 Å². The van der Waals surface area contributed by atoms with Crippen LogP contribution in [0.2, 0.25) is 0 Å². The van der Waals surface area contributed by atoms with Gasteiger partial charge in [-0.25, -0.2) is 4.79 Å². The number of anilines is 1. The molecule has 0 bridgehead atoms. The largest absolute Gasteiger partial charge is 0.497 e. The smallest absolute Gasteiger partial charge is 0.415 e. The molecule has 1 amide bonds. The molecule has 5 rings (SSSR count). The lowest BCUT2D eigenvalue weighted by Gasteiger charge is -2.42. The van der Waals surface area contributed by atoms with Crippen LogP contribution in [0, 0.1) is 0 Å². The first-order valence-corrected chi connectivity index (χ1v) is 11.0. The van der Waals surface area contributed by atoms with Crippen molar-refractivity contribution in [1.82, 2.24) is 4.90 Å². The van der Waals surface area contributed by atoms with Crippen LogP contribution in [0.25, 0.3) is 6.08 Å². The lowest BCUT2D eigenvalue weighted by molar-refractivity contribution is 0.163. The number of methoxy groups -OCH3 is 3. The second-order valence-corrected chi connectivity index (χ2v) is 7.98. The molecule has 3 aromatic rings. The molecule has 1 saturated heterocycles. The summed E-state index contributed by atoms with van der Waals surface area (Å²) in [6.07, 6.45) is 1.64. The molecule has 0 aromatic heterocycles. The molecule has 0 saturated carbocycles. The van der Waals surface area contributed by atoms with E-state index in [9.17, 15) is 4.79 Å². The van der Waals surface area contributed by atoms with Crippen LogP contribution < -0.4 is 19.1 Å². The first-order chi connectivity index (χ1) is 16.6. The van der Waals surface area contributed by atoms with E-state index in [1.54, 1.807) is 26.2 Å². The Hall–Kier alpha value is -4.13. The van der Waals surface area contributed by atoms with Gasteiger partial charge in [0.05, 0.1) is 33.9 Å². The van der Waals surface area contributed by atoms with Gasteiger partial charge in [0.15, 0.2) is 0 Å². The Morgan fingerprint density at radius 1 is 0.882 bits per heavy atom. The van der Waals surface area contributed by atoms with Crippen LogP contribution in [0.5, 0.6) is 17.2 Å². The fourth-order valence-corrected chi connectivity index (χ4v) is 4.57. The van der Waals surface area contributed by atoms with Crippen LogP contribution in [-0.2, 0) is 4.74 Å². The Labute approximate surface area is 198 Å². The summed E-state index contributed by atoms with van der Waals surface area (Å²) in [6, 6.07) is 21.6. The minimum Gasteiger partial charge on any atom is -0.497 e. The SMILES string of the molecule is COc1ccc(C2c3c(cc(OC)cc3OC)C=C(N3CCOC3=O)N2c2ccccc2)cc1. The highest BCUT2D eigenvalue weighted by Crippen LogP contribution is 2.48. The molecule has 0 spiro atoms. The number of hydrogen-bond donors (Lipinski definition) is 0. The molecule has 34 heavy (non-hydrogen) atoms. The molecular weight excluding hydrogens is 432 g/mol. The number of fused-ring (bicyclic) bond motifs is 1. The molecule has 174 valence electrons. The number of amides is 1. The van der Waals surface area contributed by atoms with Crippen molar-refractivity contribution in [2.45, 2.75) is 6.04 Å². The predicted octanol–water partition coefficient (Wildman–Crippen LogP) is 5.07. The van der Waals surface area contributed by atoms with Gasteiger partial charge in [0.2, 0.25) is 0 Å². The second-order valence-electron chi connectivity index (χ2n) is 7.98. The topological polar surface area (TPSA) is 60.5 Å². The summed E-state index contributed by atoms with van der Waals surface area (Å²) < 4.78 is 22.1. The van der Waals surface area contributed by atoms with Gasteiger partial charge in [-0.15, -0.1) is 0 Å². The van der Waals surface area contributed by atoms with Gasteiger partial charge in [-0.1, -0.05) is 30.3 Å². The number of carbonyl (C=O) groups is 1. The number of hydrogen-bond acceptors (Lipinski definition) is 6. The molecular formula is C27H26N2O5. The van der Waals surface area contributed by atoms with Gasteiger partial charge in [-0.05, 0) is 47.5 Å². The maximum absolute atomic E-state index is 12.7. The van der Waals surface area contributed by atoms with Crippen molar-refractivity contribution >= 4 is 17.9 Å². The summed E-state index contributed by atoms with van der Waals surface area (Å²) in [5.41, 5.74) is 3.86. The normalized spacial score (nSPS) is 17.1. The van der Waals surface area contributed by atoms with Crippen LogP contribution in [0.4, 0.5) is 10.5 Å². The maximum Gasteiger partial charge on any atom is 0.415 e. The number of cyclic esters (lactones) is 1. The minimum absolute atomic E-state index is 0.280. The van der Waals surface area contributed by atoms with Crippen molar-refractivity contribution < 1.29 is 23.7 Å². The summed E-state index contributed by atoms with van der Waals surface area (Å²) in [4.78, 5) is 16.5. The molecule has 2 aliphatic heterocycles. The zero-order valence-electron chi connectivity index (χ0n) is 19.4. The van der Waals surface area contributed by atoms with Crippen molar-refractivity contribution in [1.29, 1.82) is 0 Å². The lowest BCUT2D eigenvalue weighted by Crippen LogP contribution is -2.41. The Balaban J connectivity index is 1.80. The second kappa shape index (κ2) is 9.02. The number of ether oxygens (including phenoxy) is 4. The first-order valence-electron chi connectivity index (χ1n) is 11.0. The Morgan fingerprint density at radius 2 is 1.62 bits per heavy atom. The Morgan fingerprint density at radius 3 is 2.24 bits per heavy atom. The quantitative estimate of drug-likeness (QED) is 0.514. The van der Waals surface area contributed by atoms with E-state index in [0.717, 1.165) is 33.9 Å². The van der Waals surface area contributed by atoms with E-state index in [1.807, 2.05) is 72.8 Å². The lowest BCUT2D eigenvalue weighted by atomic mass is 9.88. The van der Waals surface area contributed by atoms with E-state index < -0.39 is 0 Å². The van der Waals surface area contributed by atoms with E-state index in [2.05, 4.69) is 4.90 Å². The highest BCUT2D eigenvalue weighted by Gasteiger charge is 2.39. The van der Waals surface area contributed by atoms with Gasteiger partial charge in [0.1, 0.15) is 29.7 Å². The maximum atomic E-state index is 12.7. The zero-order chi connectivity index (χ0) is 23.7. The molecule has 0 aliphatic carbocycles. The van der Waals surface area contributed by atoms with E-state index in [1.165, 1.54) is 0 Å². The summed E-state index contributed by atoms with van der Waals surface area (Å²) >= 11 is 0. The Bertz CT molecular complexity index is 1220. The third kappa shape index (κ3) is 3.69. The van der Waals surface area contributed by atoms with Crippen molar-refractivity contribution in [3.63, 3.8) is 0 Å². The van der Waals surface area contributed by atoms with Crippen molar-refractivity contribution in [3.05, 3.63) is 89.2 Å². The average Bonchev–Trinajstić information content (AvgIpc) is 3.32. The fourth-order valence-electron chi connectivity index (χ4n) is 4.57. The first kappa shape index (κ1) is 21.7. The van der Waals surface area contributed by atoms with E-state index in [4.69, 9.17) is 18.9 Å². The van der Waals surface area contributed by atoms with Crippen molar-refractivity contribution in [2.75, 3.05) is 39.4 Å². The number of benzene rings is 3. The Kier molecular flexibility index (Phi) is 5.76. The van der Waals surface area contributed by atoms with E-state index in [-0.39, 0.29) is 12.1 Å². The molecule has 1 fully saturated rings. The monoisotopic (exact) mass is 458 g/mol. The number of para-hydroxylation sites is 1. The highest BCUT2D eigenvalue weighted by atomic mass is 16.6.